The molecule has 0 bridgehead atoms. The van der Waals surface area contributed by atoms with Crippen molar-refractivity contribution in [3.8, 4) is 0 Å². The van der Waals surface area contributed by atoms with E-state index in [1.807, 2.05) is 0 Å². The maximum Gasteiger partial charge on any atom is 0.416 e. The van der Waals surface area contributed by atoms with E-state index in [4.69, 9.17) is 0 Å². The fourth-order valence-corrected chi connectivity index (χ4v) is 4.07. The Kier molecular flexibility index (Phi) is 5.43. The van der Waals surface area contributed by atoms with Crippen molar-refractivity contribution < 1.29 is 27.6 Å². The van der Waals surface area contributed by atoms with E-state index in [0.29, 0.717) is 5.56 Å². The molecule has 1 fully saturated rings. The van der Waals surface area contributed by atoms with Gasteiger partial charge in [0.05, 0.1) is 16.7 Å². The third-order valence-corrected chi connectivity index (χ3v) is 5.56. The van der Waals surface area contributed by atoms with Crippen molar-refractivity contribution >= 4 is 29.2 Å². The van der Waals surface area contributed by atoms with Crippen LogP contribution in [0, 0.1) is 0 Å². The standard InChI is InChI=1S/C22H20F3N3O3/c23-22(24,25)13-5-4-6-14(11-13)26-21(31)27-15-9-10-17-18(12-15)20(30)28(19(17)29)16-7-2-1-3-8-16/h4-6,9-12,16H,1-3,7-8H2,(H2,26,27,31). The number of nitrogens with zero attached hydrogens (tertiary/aromatic N) is 1. The maximum atomic E-state index is 12.8. The number of alkyl halides is 3. The molecule has 0 unspecified atom stereocenters. The summed E-state index contributed by atoms with van der Waals surface area (Å²) in [5, 5.41) is 4.83. The SMILES string of the molecule is O=C(Nc1cccc(C(F)(F)F)c1)Nc1ccc2c(c1)C(=O)N(C1CCCCC1)C2=O. The van der Waals surface area contributed by atoms with Gasteiger partial charge in [0.25, 0.3) is 11.8 Å². The number of fused-ring (bicyclic) bond motifs is 1. The van der Waals surface area contributed by atoms with Crippen molar-refractivity contribution in [1.29, 1.82) is 0 Å². The Balaban J connectivity index is 1.47. The number of carbonyl (C=O) groups is 3. The normalized spacial score (nSPS) is 16.9. The molecule has 1 heterocycles. The molecule has 6 nitrogen and oxygen atoms in total. The molecule has 0 atom stereocenters. The Bertz CT molecular complexity index is 1050. The molecule has 1 aliphatic heterocycles. The minimum absolute atomic E-state index is 0.0248. The van der Waals surface area contributed by atoms with Crippen molar-refractivity contribution in [3.63, 3.8) is 0 Å². The Morgan fingerprint density at radius 1 is 0.871 bits per heavy atom. The van der Waals surface area contributed by atoms with Gasteiger partial charge >= 0.3 is 12.2 Å². The maximum absolute atomic E-state index is 12.8. The molecular weight excluding hydrogens is 411 g/mol. The minimum atomic E-state index is -4.52. The molecule has 2 aromatic carbocycles. The summed E-state index contributed by atoms with van der Waals surface area (Å²) in [6.45, 7) is 0. The van der Waals surface area contributed by atoms with Gasteiger partial charge in [0, 0.05) is 17.4 Å². The van der Waals surface area contributed by atoms with E-state index in [1.54, 1.807) is 0 Å². The van der Waals surface area contributed by atoms with Gasteiger partial charge in [-0.25, -0.2) is 4.79 Å². The summed E-state index contributed by atoms with van der Waals surface area (Å²) in [6.07, 6.45) is 0.0904. The first-order chi connectivity index (χ1) is 14.7. The molecule has 2 N–H and O–H groups in total. The zero-order valence-electron chi connectivity index (χ0n) is 16.5. The highest BCUT2D eigenvalue weighted by atomic mass is 19.4. The van der Waals surface area contributed by atoms with Crippen molar-refractivity contribution in [2.75, 3.05) is 10.6 Å². The van der Waals surface area contributed by atoms with Crippen molar-refractivity contribution in [2.45, 2.75) is 44.3 Å². The van der Waals surface area contributed by atoms with Crippen LogP contribution in [0.3, 0.4) is 0 Å². The average Bonchev–Trinajstić information content (AvgIpc) is 2.98. The molecule has 2 aromatic rings. The highest BCUT2D eigenvalue weighted by molar-refractivity contribution is 6.22. The Labute approximate surface area is 176 Å². The zero-order chi connectivity index (χ0) is 22.2. The van der Waals surface area contributed by atoms with Crippen molar-refractivity contribution in [3.05, 3.63) is 59.2 Å². The highest BCUT2D eigenvalue weighted by Gasteiger charge is 2.40. The monoisotopic (exact) mass is 431 g/mol. The summed E-state index contributed by atoms with van der Waals surface area (Å²) in [5.41, 5.74) is -0.139. The van der Waals surface area contributed by atoms with Crippen molar-refractivity contribution in [2.24, 2.45) is 0 Å². The number of halogens is 3. The number of hydrogen-bond donors (Lipinski definition) is 2. The van der Waals surface area contributed by atoms with Gasteiger partial charge in [-0.1, -0.05) is 25.3 Å². The Morgan fingerprint density at radius 2 is 1.52 bits per heavy atom. The van der Waals surface area contributed by atoms with Gasteiger partial charge < -0.3 is 10.6 Å². The van der Waals surface area contributed by atoms with Gasteiger partial charge in [-0.2, -0.15) is 13.2 Å². The first-order valence-corrected chi connectivity index (χ1v) is 10.0. The lowest BCUT2D eigenvalue weighted by atomic mass is 9.94. The summed E-state index contributed by atoms with van der Waals surface area (Å²) in [4.78, 5) is 39.1. The molecule has 31 heavy (non-hydrogen) atoms. The van der Waals surface area contributed by atoms with Crippen LogP contribution >= 0.6 is 0 Å². The van der Waals surface area contributed by atoms with Crippen LogP contribution in [0.5, 0.6) is 0 Å². The number of carbonyl (C=O) groups excluding carboxylic acids is 3. The lowest BCUT2D eigenvalue weighted by Crippen LogP contribution is -2.40. The fourth-order valence-electron chi connectivity index (χ4n) is 4.07. The van der Waals surface area contributed by atoms with Crippen LogP contribution in [0.2, 0.25) is 0 Å². The third-order valence-electron chi connectivity index (χ3n) is 5.56. The van der Waals surface area contributed by atoms with Crippen LogP contribution in [-0.2, 0) is 6.18 Å². The topological polar surface area (TPSA) is 78.5 Å². The second-order valence-corrected chi connectivity index (χ2v) is 7.69. The van der Waals surface area contributed by atoms with Crippen LogP contribution in [0.4, 0.5) is 29.3 Å². The van der Waals surface area contributed by atoms with E-state index in [1.165, 1.54) is 35.2 Å². The molecule has 1 saturated carbocycles. The van der Waals surface area contributed by atoms with Crippen molar-refractivity contribution in [1.82, 2.24) is 4.90 Å². The first-order valence-electron chi connectivity index (χ1n) is 10.0. The molecule has 4 rings (SSSR count). The van der Waals surface area contributed by atoms with E-state index in [2.05, 4.69) is 10.6 Å². The number of nitrogens with one attached hydrogen (secondary N) is 2. The summed E-state index contributed by atoms with van der Waals surface area (Å²) >= 11 is 0. The van der Waals surface area contributed by atoms with Gasteiger partial charge in [0.2, 0.25) is 0 Å². The molecule has 0 radical (unpaired) electrons. The van der Waals surface area contributed by atoms with Gasteiger partial charge in [-0.05, 0) is 49.2 Å². The van der Waals surface area contributed by atoms with Gasteiger partial charge in [0.1, 0.15) is 0 Å². The fraction of sp³-hybridized carbons (Fsp3) is 0.318. The van der Waals surface area contributed by atoms with Crippen LogP contribution in [0.25, 0.3) is 0 Å². The molecule has 4 amide bonds. The van der Waals surface area contributed by atoms with Crippen LogP contribution in [-0.4, -0.2) is 28.8 Å². The van der Waals surface area contributed by atoms with Crippen LogP contribution < -0.4 is 10.6 Å². The second kappa shape index (κ2) is 8.05. The number of hydrogen-bond acceptors (Lipinski definition) is 3. The summed E-state index contributed by atoms with van der Waals surface area (Å²) < 4.78 is 38.5. The predicted molar refractivity (Wildman–Crippen MR) is 108 cm³/mol. The molecule has 162 valence electrons. The van der Waals surface area contributed by atoms with Crippen LogP contribution in [0.15, 0.2) is 42.5 Å². The summed E-state index contributed by atoms with van der Waals surface area (Å²) in [6, 6.07) is 7.78. The first kappa shape index (κ1) is 20.9. The summed E-state index contributed by atoms with van der Waals surface area (Å²) in [7, 11) is 0. The molecule has 1 aliphatic carbocycles. The number of benzene rings is 2. The minimum Gasteiger partial charge on any atom is -0.308 e. The van der Waals surface area contributed by atoms with Gasteiger partial charge in [0.15, 0.2) is 0 Å². The average molecular weight is 431 g/mol. The number of urea groups is 1. The van der Waals surface area contributed by atoms with Gasteiger partial charge in [-0.3, -0.25) is 14.5 Å². The van der Waals surface area contributed by atoms with E-state index < -0.39 is 17.8 Å². The Morgan fingerprint density at radius 3 is 2.19 bits per heavy atom. The zero-order valence-corrected chi connectivity index (χ0v) is 16.5. The molecule has 9 heteroatoms. The third kappa shape index (κ3) is 4.26. The van der Waals surface area contributed by atoms with E-state index in [9.17, 15) is 27.6 Å². The lowest BCUT2D eigenvalue weighted by Gasteiger charge is -2.29. The number of anilines is 2. The quantitative estimate of drug-likeness (QED) is 0.649. The number of imide groups is 1. The highest BCUT2D eigenvalue weighted by Crippen LogP contribution is 2.33. The molecule has 0 saturated heterocycles. The molecular formula is C22H20F3N3O3. The van der Waals surface area contributed by atoms with E-state index in [0.717, 1.165) is 44.2 Å². The van der Waals surface area contributed by atoms with E-state index >= 15 is 0 Å². The number of rotatable bonds is 3. The summed E-state index contributed by atoms with van der Waals surface area (Å²) in [5.74, 6) is -0.708. The molecule has 0 spiro atoms. The lowest BCUT2D eigenvalue weighted by molar-refractivity contribution is -0.137. The largest absolute Gasteiger partial charge is 0.416 e. The van der Waals surface area contributed by atoms with Gasteiger partial charge in [-0.15, -0.1) is 0 Å². The van der Waals surface area contributed by atoms with Crippen LogP contribution in [0.1, 0.15) is 58.4 Å². The van der Waals surface area contributed by atoms with E-state index in [-0.39, 0.29) is 34.8 Å². The second-order valence-electron chi connectivity index (χ2n) is 7.69. The smallest absolute Gasteiger partial charge is 0.308 e. The Hall–Kier alpha value is -3.36. The predicted octanol–water partition coefficient (Wildman–Crippen LogP) is 5.28. The molecule has 2 aliphatic rings. The molecule has 0 aromatic heterocycles. The number of amides is 4.